The third-order valence-electron chi connectivity index (χ3n) is 1.80. The van der Waals surface area contributed by atoms with Crippen LogP contribution in [0.25, 0.3) is 0 Å². The van der Waals surface area contributed by atoms with Gasteiger partial charge in [0.2, 0.25) is 0 Å². The number of nitrogens with two attached hydrogens (primary N) is 1. The average molecular weight is 234 g/mol. The summed E-state index contributed by atoms with van der Waals surface area (Å²) in [7, 11) is -1.39. The Morgan fingerprint density at radius 1 is 1.31 bits per heavy atom. The fraction of sp³-hybridized carbons (Fsp3) is 0.333. The number of nitrogens with one attached hydrogen (secondary N) is 1. The second-order valence-corrected chi connectivity index (χ2v) is 9.38. The maximum atomic E-state index is 9.09. The molecular weight excluding hydrogens is 216 g/mol. The zero-order chi connectivity index (χ0) is 12.2. The minimum absolute atomic E-state index is 0.767. The van der Waals surface area contributed by atoms with Crippen LogP contribution in [0.1, 0.15) is 5.56 Å². The van der Waals surface area contributed by atoms with E-state index in [1.807, 2.05) is 24.3 Å². The molecule has 0 saturated carbocycles. The highest BCUT2D eigenvalue weighted by molar-refractivity contribution is 6.83. The van der Waals surface area contributed by atoms with Gasteiger partial charge in [0.25, 0.3) is 0 Å². The van der Waals surface area contributed by atoms with Crippen LogP contribution in [0.4, 0.5) is 5.69 Å². The highest BCUT2D eigenvalue weighted by atomic mass is 28.3. The fourth-order valence-electron chi connectivity index (χ4n) is 1.13. The van der Waals surface area contributed by atoms with Crippen molar-refractivity contribution in [3.8, 4) is 11.5 Å². The Bertz CT molecular complexity index is 413. The lowest BCUT2D eigenvalue weighted by Gasteiger charge is -2.11. The number of aliphatic hydroxyl groups is 1. The summed E-state index contributed by atoms with van der Waals surface area (Å²) in [6.07, 6.45) is -1.06. The first-order valence-electron chi connectivity index (χ1n) is 5.21. The zero-order valence-electron chi connectivity index (χ0n) is 9.91. The zero-order valence-corrected chi connectivity index (χ0v) is 10.9. The van der Waals surface area contributed by atoms with Gasteiger partial charge in [0, 0.05) is 5.56 Å². The Kier molecular flexibility index (Phi) is 4.13. The van der Waals surface area contributed by atoms with E-state index in [4.69, 9.17) is 10.8 Å². The Balaban J connectivity index is 2.98. The molecule has 0 saturated heterocycles. The summed E-state index contributed by atoms with van der Waals surface area (Å²) in [5.74, 6) is 3.14. The van der Waals surface area contributed by atoms with Crippen molar-refractivity contribution < 1.29 is 5.11 Å². The molecule has 0 aromatic heterocycles. The average Bonchev–Trinajstić information content (AvgIpc) is 2.14. The van der Waals surface area contributed by atoms with Gasteiger partial charge in [-0.05, 0) is 12.1 Å². The van der Waals surface area contributed by atoms with E-state index >= 15 is 0 Å². The molecule has 3 nitrogen and oxygen atoms in total. The van der Waals surface area contributed by atoms with Crippen molar-refractivity contribution in [3.63, 3.8) is 0 Å². The highest BCUT2D eigenvalue weighted by Crippen LogP contribution is 2.14. The van der Waals surface area contributed by atoms with E-state index in [9.17, 15) is 0 Å². The number of benzene rings is 1. The van der Waals surface area contributed by atoms with Crippen LogP contribution in [0.3, 0.4) is 0 Å². The van der Waals surface area contributed by atoms with Crippen LogP contribution < -0.4 is 11.1 Å². The molecule has 0 heterocycles. The van der Waals surface area contributed by atoms with Gasteiger partial charge in [-0.1, -0.05) is 37.7 Å². The molecule has 1 aromatic carbocycles. The van der Waals surface area contributed by atoms with Gasteiger partial charge in [-0.3, -0.25) is 5.73 Å². The predicted molar refractivity (Wildman–Crippen MR) is 70.5 cm³/mol. The number of para-hydroxylation sites is 1. The summed E-state index contributed by atoms with van der Waals surface area (Å²) in [5, 5.41) is 11.8. The maximum Gasteiger partial charge on any atom is 0.178 e. The lowest BCUT2D eigenvalue weighted by molar-refractivity contribution is 0.212. The van der Waals surface area contributed by atoms with Crippen LogP contribution in [0.5, 0.6) is 0 Å². The van der Waals surface area contributed by atoms with E-state index in [1.54, 1.807) is 0 Å². The molecule has 1 atom stereocenters. The lowest BCUT2D eigenvalue weighted by Crippen LogP contribution is -2.28. The Morgan fingerprint density at radius 3 is 2.50 bits per heavy atom. The molecule has 0 spiro atoms. The van der Waals surface area contributed by atoms with Gasteiger partial charge in [0.05, 0.1) is 5.69 Å². The largest absolute Gasteiger partial charge is 0.361 e. The molecule has 1 unspecified atom stereocenters. The van der Waals surface area contributed by atoms with Gasteiger partial charge in [0.15, 0.2) is 6.35 Å². The van der Waals surface area contributed by atoms with Crippen molar-refractivity contribution >= 4 is 13.8 Å². The van der Waals surface area contributed by atoms with Gasteiger partial charge >= 0.3 is 0 Å². The molecule has 16 heavy (non-hydrogen) atoms. The molecule has 86 valence electrons. The lowest BCUT2D eigenvalue weighted by atomic mass is 10.2. The first-order valence-corrected chi connectivity index (χ1v) is 8.71. The van der Waals surface area contributed by atoms with E-state index in [0.29, 0.717) is 0 Å². The van der Waals surface area contributed by atoms with Crippen LogP contribution in [-0.2, 0) is 0 Å². The molecule has 0 fully saturated rings. The van der Waals surface area contributed by atoms with E-state index in [-0.39, 0.29) is 0 Å². The Labute approximate surface area is 97.7 Å². The summed E-state index contributed by atoms with van der Waals surface area (Å²) < 4.78 is 0. The van der Waals surface area contributed by atoms with E-state index in [1.165, 1.54) is 0 Å². The molecule has 4 heteroatoms. The highest BCUT2D eigenvalue weighted by Gasteiger charge is 2.08. The van der Waals surface area contributed by atoms with Gasteiger partial charge in [-0.25, -0.2) is 0 Å². The van der Waals surface area contributed by atoms with Crippen LogP contribution in [0.2, 0.25) is 19.6 Å². The summed E-state index contributed by atoms with van der Waals surface area (Å²) in [6, 6.07) is 7.56. The first kappa shape index (κ1) is 12.8. The molecule has 0 bridgehead atoms. The molecule has 0 amide bonds. The summed E-state index contributed by atoms with van der Waals surface area (Å²) in [4.78, 5) is 0. The van der Waals surface area contributed by atoms with E-state index in [0.717, 1.165) is 11.3 Å². The van der Waals surface area contributed by atoms with Crippen molar-refractivity contribution in [2.24, 2.45) is 5.73 Å². The van der Waals surface area contributed by atoms with Crippen LogP contribution >= 0.6 is 0 Å². The molecule has 1 rings (SSSR count). The minimum atomic E-state index is -1.39. The van der Waals surface area contributed by atoms with Gasteiger partial charge in [-0.2, -0.15) is 0 Å². The van der Waals surface area contributed by atoms with Crippen LogP contribution in [-0.4, -0.2) is 19.5 Å². The Hall–Kier alpha value is -1.28. The monoisotopic (exact) mass is 234 g/mol. The Morgan fingerprint density at radius 2 is 1.94 bits per heavy atom. The topological polar surface area (TPSA) is 58.3 Å². The molecule has 1 aromatic rings. The normalized spacial score (nSPS) is 12.6. The number of anilines is 1. The number of rotatable bonds is 2. The number of aliphatic hydroxyl groups excluding tert-OH is 1. The standard InChI is InChI=1S/C12H18N2OSi/c1-16(2,3)9-8-10-6-4-5-7-11(10)14-12(13)15/h4-7,12,14-15H,13H2,1-3H3. The molecule has 0 radical (unpaired) electrons. The predicted octanol–water partition coefficient (Wildman–Crippen LogP) is 1.56. The van der Waals surface area contributed by atoms with Crippen molar-refractivity contribution in [1.82, 2.24) is 0 Å². The fourth-order valence-corrected chi connectivity index (χ4v) is 1.64. The van der Waals surface area contributed by atoms with Crippen molar-refractivity contribution in [2.75, 3.05) is 5.32 Å². The quantitative estimate of drug-likeness (QED) is 0.413. The minimum Gasteiger partial charge on any atom is -0.361 e. The third kappa shape index (κ3) is 4.49. The second-order valence-electron chi connectivity index (χ2n) is 4.63. The maximum absolute atomic E-state index is 9.09. The van der Waals surface area contributed by atoms with Crippen LogP contribution in [0.15, 0.2) is 24.3 Å². The SMILES string of the molecule is C[Si](C)(C)C#Cc1ccccc1NC(N)O. The first-order chi connectivity index (χ1) is 7.38. The van der Waals surface area contributed by atoms with Crippen LogP contribution in [0, 0.1) is 11.5 Å². The summed E-state index contributed by atoms with van der Waals surface area (Å²) in [6.45, 7) is 6.56. The van der Waals surface area contributed by atoms with Crippen molar-refractivity contribution in [2.45, 2.75) is 26.0 Å². The number of hydrogen-bond acceptors (Lipinski definition) is 3. The van der Waals surface area contributed by atoms with E-state index in [2.05, 4.69) is 36.4 Å². The van der Waals surface area contributed by atoms with Gasteiger partial charge in [-0.15, -0.1) is 5.54 Å². The summed E-state index contributed by atoms with van der Waals surface area (Å²) in [5.41, 5.74) is 10.2. The van der Waals surface area contributed by atoms with E-state index < -0.39 is 14.4 Å². The van der Waals surface area contributed by atoms with Crippen molar-refractivity contribution in [1.29, 1.82) is 0 Å². The second kappa shape index (κ2) is 5.17. The molecule has 0 aliphatic heterocycles. The summed E-state index contributed by atoms with van der Waals surface area (Å²) >= 11 is 0. The third-order valence-corrected chi connectivity index (χ3v) is 2.68. The molecular formula is C12H18N2OSi. The smallest absolute Gasteiger partial charge is 0.178 e. The number of hydrogen-bond donors (Lipinski definition) is 3. The van der Waals surface area contributed by atoms with Crippen molar-refractivity contribution in [3.05, 3.63) is 29.8 Å². The molecule has 4 N–H and O–H groups in total. The van der Waals surface area contributed by atoms with Gasteiger partial charge < -0.3 is 10.4 Å². The van der Waals surface area contributed by atoms with Gasteiger partial charge in [0.1, 0.15) is 8.07 Å². The molecule has 0 aliphatic rings. The molecule has 0 aliphatic carbocycles.